The van der Waals surface area contributed by atoms with Gasteiger partial charge in [-0.1, -0.05) is 5.16 Å². The Kier molecular flexibility index (Phi) is 4.17. The van der Waals surface area contributed by atoms with Crippen LogP contribution in [0.5, 0.6) is 0 Å². The van der Waals surface area contributed by atoms with Crippen LogP contribution in [0.4, 0.5) is 13.2 Å². The van der Waals surface area contributed by atoms with Crippen molar-refractivity contribution in [3.05, 3.63) is 17.0 Å². The van der Waals surface area contributed by atoms with Crippen LogP contribution in [0, 0.1) is 13.8 Å². The Morgan fingerprint density at radius 3 is 2.37 bits per heavy atom. The first kappa shape index (κ1) is 15.0. The van der Waals surface area contributed by atoms with E-state index in [1.807, 2.05) is 0 Å². The number of carbonyl (C=O) groups is 2. The van der Waals surface area contributed by atoms with Gasteiger partial charge in [0.1, 0.15) is 5.76 Å². The molecule has 0 spiro atoms. The van der Waals surface area contributed by atoms with Gasteiger partial charge in [0, 0.05) is 5.56 Å². The van der Waals surface area contributed by atoms with Crippen molar-refractivity contribution in [3.8, 4) is 0 Å². The zero-order valence-electron chi connectivity index (χ0n) is 10.0. The molecule has 1 amide bonds. The lowest BCUT2D eigenvalue weighted by Gasteiger charge is -2.17. The molecule has 0 bridgehead atoms. The normalized spacial score (nSPS) is 13.1. The lowest BCUT2D eigenvalue weighted by molar-refractivity contribution is -0.174. The minimum atomic E-state index is -5.09. The number of nitrogens with zero attached hydrogens (tertiary/aromatic N) is 1. The highest BCUT2D eigenvalue weighted by molar-refractivity contribution is 5.82. The quantitative estimate of drug-likeness (QED) is 0.871. The van der Waals surface area contributed by atoms with E-state index in [0.717, 1.165) is 0 Å². The molecular formula is C10H11F3N2O4. The highest BCUT2D eigenvalue weighted by Gasteiger charge is 2.41. The van der Waals surface area contributed by atoms with Gasteiger partial charge in [-0.25, -0.2) is 0 Å². The van der Waals surface area contributed by atoms with Crippen LogP contribution in [0.25, 0.3) is 0 Å². The number of rotatable bonds is 4. The molecule has 19 heavy (non-hydrogen) atoms. The van der Waals surface area contributed by atoms with E-state index in [-0.39, 0.29) is 17.0 Å². The molecule has 2 N–H and O–H groups in total. The van der Waals surface area contributed by atoms with E-state index in [9.17, 15) is 22.8 Å². The van der Waals surface area contributed by atoms with Gasteiger partial charge in [0.05, 0.1) is 18.2 Å². The van der Waals surface area contributed by atoms with Crippen LogP contribution in [0.3, 0.4) is 0 Å². The van der Waals surface area contributed by atoms with Gasteiger partial charge < -0.3 is 14.9 Å². The lowest BCUT2D eigenvalue weighted by atomic mass is 10.0. The van der Waals surface area contributed by atoms with Crippen molar-refractivity contribution in [2.75, 3.05) is 0 Å². The standard InChI is InChI=1S/C10H11F3N2O4/c1-4-8(5(2)19-15-4)6(3-7(16)17)14-9(18)10(11,12)13/h6H,3H2,1-2H3,(H,14,18)(H,16,17). The fourth-order valence-electron chi connectivity index (χ4n) is 1.63. The second kappa shape index (κ2) is 5.29. The molecular weight excluding hydrogens is 269 g/mol. The number of carbonyl (C=O) groups excluding carboxylic acids is 1. The molecule has 0 saturated heterocycles. The molecule has 1 rings (SSSR count). The number of alkyl halides is 3. The van der Waals surface area contributed by atoms with Crippen LogP contribution in [-0.2, 0) is 9.59 Å². The van der Waals surface area contributed by atoms with E-state index in [2.05, 4.69) is 5.16 Å². The number of carboxylic acid groups (broad SMARTS) is 1. The van der Waals surface area contributed by atoms with Crippen molar-refractivity contribution >= 4 is 11.9 Å². The highest BCUT2D eigenvalue weighted by Crippen LogP contribution is 2.26. The second-order valence-electron chi connectivity index (χ2n) is 3.86. The second-order valence-corrected chi connectivity index (χ2v) is 3.86. The third-order valence-corrected chi connectivity index (χ3v) is 2.38. The van der Waals surface area contributed by atoms with Crippen molar-refractivity contribution < 1.29 is 32.4 Å². The molecule has 9 heteroatoms. The number of aliphatic carboxylic acids is 1. The minimum Gasteiger partial charge on any atom is -0.481 e. The molecule has 0 saturated carbocycles. The molecule has 1 unspecified atom stereocenters. The summed E-state index contributed by atoms with van der Waals surface area (Å²) in [7, 11) is 0. The van der Waals surface area contributed by atoms with Crippen LogP contribution in [0.2, 0.25) is 0 Å². The van der Waals surface area contributed by atoms with Crippen molar-refractivity contribution in [2.24, 2.45) is 0 Å². The van der Waals surface area contributed by atoms with Crippen LogP contribution < -0.4 is 5.32 Å². The average Bonchev–Trinajstić information content (AvgIpc) is 2.55. The van der Waals surface area contributed by atoms with Crippen LogP contribution >= 0.6 is 0 Å². The maximum Gasteiger partial charge on any atom is 0.471 e. The molecule has 1 atom stereocenters. The Morgan fingerprint density at radius 1 is 1.42 bits per heavy atom. The topological polar surface area (TPSA) is 92.4 Å². The lowest BCUT2D eigenvalue weighted by Crippen LogP contribution is -2.40. The number of hydrogen-bond donors (Lipinski definition) is 2. The predicted octanol–water partition coefficient (Wildman–Crippen LogP) is 1.49. The van der Waals surface area contributed by atoms with E-state index in [0.29, 0.717) is 0 Å². The third kappa shape index (κ3) is 3.70. The maximum atomic E-state index is 12.2. The van der Waals surface area contributed by atoms with E-state index >= 15 is 0 Å². The number of aryl methyl sites for hydroxylation is 2. The molecule has 0 aliphatic rings. The van der Waals surface area contributed by atoms with Gasteiger partial charge in [-0.3, -0.25) is 9.59 Å². The summed E-state index contributed by atoms with van der Waals surface area (Å²) in [6, 6.07) is -1.35. The molecule has 1 heterocycles. The van der Waals surface area contributed by atoms with Crippen molar-refractivity contribution in [1.82, 2.24) is 10.5 Å². The molecule has 0 aliphatic heterocycles. The van der Waals surface area contributed by atoms with E-state index in [4.69, 9.17) is 9.63 Å². The van der Waals surface area contributed by atoms with Crippen LogP contribution in [-0.4, -0.2) is 28.3 Å². The monoisotopic (exact) mass is 280 g/mol. The van der Waals surface area contributed by atoms with Crippen molar-refractivity contribution in [1.29, 1.82) is 0 Å². The fraction of sp³-hybridized carbons (Fsp3) is 0.500. The Hall–Kier alpha value is -2.06. The smallest absolute Gasteiger partial charge is 0.471 e. The number of nitrogens with one attached hydrogen (secondary N) is 1. The summed E-state index contributed by atoms with van der Waals surface area (Å²) in [4.78, 5) is 21.6. The Bertz CT molecular complexity index is 476. The molecule has 1 aromatic heterocycles. The zero-order chi connectivity index (χ0) is 14.8. The Labute approximate surface area is 105 Å². The van der Waals surface area contributed by atoms with Gasteiger partial charge in [0.25, 0.3) is 0 Å². The molecule has 106 valence electrons. The molecule has 0 aliphatic carbocycles. The number of amides is 1. The number of aromatic nitrogens is 1. The maximum absolute atomic E-state index is 12.2. The number of hydrogen-bond acceptors (Lipinski definition) is 4. The van der Waals surface area contributed by atoms with Gasteiger partial charge in [-0.15, -0.1) is 0 Å². The van der Waals surface area contributed by atoms with Gasteiger partial charge >= 0.3 is 18.1 Å². The fourth-order valence-corrected chi connectivity index (χ4v) is 1.63. The summed E-state index contributed by atoms with van der Waals surface area (Å²) in [6.45, 7) is 2.87. The number of carboxylic acids is 1. The Balaban J connectivity index is 3.03. The first-order chi connectivity index (χ1) is 8.62. The molecule has 0 fully saturated rings. The minimum absolute atomic E-state index is 0.139. The van der Waals surface area contributed by atoms with Gasteiger partial charge in [-0.05, 0) is 13.8 Å². The van der Waals surface area contributed by atoms with Crippen LogP contribution in [0.15, 0.2) is 4.52 Å². The molecule has 1 aromatic rings. The summed E-state index contributed by atoms with van der Waals surface area (Å²) in [6.07, 6.45) is -5.79. The average molecular weight is 280 g/mol. The van der Waals surface area contributed by atoms with E-state index in [1.54, 1.807) is 5.32 Å². The van der Waals surface area contributed by atoms with Crippen molar-refractivity contribution in [3.63, 3.8) is 0 Å². The summed E-state index contributed by atoms with van der Waals surface area (Å²) < 4.78 is 41.3. The van der Waals surface area contributed by atoms with Gasteiger partial charge in [-0.2, -0.15) is 13.2 Å². The SMILES string of the molecule is Cc1noc(C)c1C(CC(=O)O)NC(=O)C(F)(F)F. The molecule has 0 radical (unpaired) electrons. The van der Waals surface area contributed by atoms with Gasteiger partial charge in [0.2, 0.25) is 0 Å². The van der Waals surface area contributed by atoms with Crippen molar-refractivity contribution in [2.45, 2.75) is 32.5 Å². The first-order valence-electron chi connectivity index (χ1n) is 5.15. The summed E-state index contributed by atoms with van der Waals surface area (Å²) in [5.74, 6) is -3.41. The largest absolute Gasteiger partial charge is 0.481 e. The predicted molar refractivity (Wildman–Crippen MR) is 55.2 cm³/mol. The highest BCUT2D eigenvalue weighted by atomic mass is 19.4. The first-order valence-corrected chi connectivity index (χ1v) is 5.15. The van der Waals surface area contributed by atoms with Crippen LogP contribution in [0.1, 0.15) is 29.5 Å². The van der Waals surface area contributed by atoms with E-state index in [1.165, 1.54) is 13.8 Å². The zero-order valence-corrected chi connectivity index (χ0v) is 10.0. The van der Waals surface area contributed by atoms with E-state index < -0.39 is 30.5 Å². The third-order valence-electron chi connectivity index (χ3n) is 2.38. The van der Waals surface area contributed by atoms with Gasteiger partial charge in [0.15, 0.2) is 0 Å². The Morgan fingerprint density at radius 2 is 2.00 bits per heavy atom. The summed E-state index contributed by atoms with van der Waals surface area (Å²) in [5.41, 5.74) is 0.367. The number of halogens is 3. The molecule has 6 nitrogen and oxygen atoms in total. The summed E-state index contributed by atoms with van der Waals surface area (Å²) >= 11 is 0. The molecule has 0 aromatic carbocycles. The summed E-state index contributed by atoms with van der Waals surface area (Å²) in [5, 5.41) is 13.8.